The lowest BCUT2D eigenvalue weighted by Crippen LogP contribution is -2.17. The number of carbonyl (C=O) groups excluding carboxylic acids is 1. The topological polar surface area (TPSA) is 64.3 Å². The van der Waals surface area contributed by atoms with E-state index in [4.69, 9.17) is 22.7 Å². The van der Waals surface area contributed by atoms with Crippen molar-refractivity contribution in [2.75, 3.05) is 11.9 Å². The van der Waals surface area contributed by atoms with Gasteiger partial charge in [0.25, 0.3) is 5.91 Å². The molecule has 4 nitrogen and oxygen atoms in total. The summed E-state index contributed by atoms with van der Waals surface area (Å²) in [7, 11) is 0. The van der Waals surface area contributed by atoms with Gasteiger partial charge < -0.3 is 15.8 Å². The normalized spacial score (nSPS) is 10.1. The van der Waals surface area contributed by atoms with Crippen molar-refractivity contribution in [1.29, 1.82) is 0 Å². The van der Waals surface area contributed by atoms with Gasteiger partial charge in [0.1, 0.15) is 17.3 Å². The number of nitrogens with two attached hydrogens (primary N) is 1. The Bertz CT molecular complexity index is 626. The molecule has 1 aromatic heterocycles. The number of hydrogen-bond donors (Lipinski definition) is 2. The maximum atomic E-state index is 11.9. The lowest BCUT2D eigenvalue weighted by Gasteiger charge is -2.07. The molecule has 2 aromatic rings. The smallest absolute Gasteiger partial charge is 0.265 e. The van der Waals surface area contributed by atoms with Crippen LogP contribution in [0.5, 0.6) is 5.75 Å². The fourth-order valence-electron chi connectivity index (χ4n) is 1.42. The molecule has 1 amide bonds. The summed E-state index contributed by atoms with van der Waals surface area (Å²) in [6, 6.07) is 10.6. The predicted octanol–water partition coefficient (Wildman–Crippen LogP) is 3.43. The number of amides is 1. The Morgan fingerprint density at radius 1 is 1.30 bits per heavy atom. The molecule has 0 fully saturated rings. The van der Waals surface area contributed by atoms with Crippen LogP contribution in [0.1, 0.15) is 9.67 Å². The molecule has 0 aliphatic heterocycles. The number of benzene rings is 1. The number of carbonyl (C=O) groups is 1. The minimum Gasteiger partial charge on any atom is -0.487 e. The number of anilines is 1. The Kier molecular flexibility index (Phi) is 5.11. The van der Waals surface area contributed by atoms with E-state index in [9.17, 15) is 4.79 Å². The Labute approximate surface area is 134 Å². The maximum absolute atomic E-state index is 11.9. The van der Waals surface area contributed by atoms with Gasteiger partial charge in [0, 0.05) is 5.69 Å². The monoisotopic (exact) mass is 370 g/mol. The van der Waals surface area contributed by atoms with Crippen molar-refractivity contribution in [2.24, 2.45) is 5.73 Å². The summed E-state index contributed by atoms with van der Waals surface area (Å²) in [6.07, 6.45) is 0. The standard InChI is InChI=1S/C13H11BrN2O2S2/c14-11-6-5-10(20-11)13(17)16-8-1-3-9(4-2-8)18-7-12(15)19/h1-6H,7H2,(H2,15,19)(H,16,17). The van der Waals surface area contributed by atoms with Crippen LogP contribution in [0.4, 0.5) is 5.69 Å². The molecule has 0 saturated carbocycles. The first-order valence-corrected chi connectivity index (χ1v) is 7.64. The SMILES string of the molecule is NC(=S)COc1ccc(NC(=O)c2ccc(Br)s2)cc1. The van der Waals surface area contributed by atoms with Crippen LogP contribution in [-0.4, -0.2) is 17.5 Å². The van der Waals surface area contributed by atoms with Crippen molar-refractivity contribution in [3.05, 3.63) is 45.1 Å². The maximum Gasteiger partial charge on any atom is 0.265 e. The second kappa shape index (κ2) is 6.83. The molecule has 0 atom stereocenters. The molecule has 0 radical (unpaired) electrons. The fourth-order valence-corrected chi connectivity index (χ4v) is 2.76. The molecule has 0 aliphatic carbocycles. The third-order valence-electron chi connectivity index (χ3n) is 2.29. The number of thiocarbonyl (C=S) groups is 1. The van der Waals surface area contributed by atoms with E-state index in [1.165, 1.54) is 11.3 Å². The van der Waals surface area contributed by atoms with E-state index < -0.39 is 0 Å². The van der Waals surface area contributed by atoms with Gasteiger partial charge in [-0.2, -0.15) is 0 Å². The van der Waals surface area contributed by atoms with Crippen LogP contribution in [0.2, 0.25) is 0 Å². The number of thiophene rings is 1. The van der Waals surface area contributed by atoms with Crippen molar-refractivity contribution < 1.29 is 9.53 Å². The summed E-state index contributed by atoms with van der Waals surface area (Å²) in [4.78, 5) is 12.9. The zero-order chi connectivity index (χ0) is 14.5. The van der Waals surface area contributed by atoms with Gasteiger partial charge in [-0.15, -0.1) is 11.3 Å². The highest BCUT2D eigenvalue weighted by Crippen LogP contribution is 2.23. The van der Waals surface area contributed by atoms with E-state index in [-0.39, 0.29) is 12.5 Å². The van der Waals surface area contributed by atoms with Crippen LogP contribution in [0.3, 0.4) is 0 Å². The minimum absolute atomic E-state index is 0.141. The molecule has 104 valence electrons. The number of halogens is 1. The van der Waals surface area contributed by atoms with Crippen LogP contribution in [-0.2, 0) is 0 Å². The molecule has 0 saturated heterocycles. The van der Waals surface area contributed by atoms with Crippen LogP contribution in [0, 0.1) is 0 Å². The van der Waals surface area contributed by atoms with Gasteiger partial charge in [-0.3, -0.25) is 4.79 Å². The molecule has 3 N–H and O–H groups in total. The van der Waals surface area contributed by atoms with Crippen molar-refractivity contribution in [3.8, 4) is 5.75 Å². The first-order valence-electron chi connectivity index (χ1n) is 5.62. The Morgan fingerprint density at radius 3 is 2.55 bits per heavy atom. The molecule has 1 heterocycles. The molecule has 2 rings (SSSR count). The molecule has 20 heavy (non-hydrogen) atoms. The minimum atomic E-state index is -0.141. The van der Waals surface area contributed by atoms with Gasteiger partial charge in [0.2, 0.25) is 0 Å². The van der Waals surface area contributed by atoms with Gasteiger partial charge in [-0.1, -0.05) is 12.2 Å². The Balaban J connectivity index is 1.96. The second-order valence-corrected chi connectivity index (χ2v) is 6.82. The van der Waals surface area contributed by atoms with Gasteiger partial charge in [-0.05, 0) is 52.3 Å². The molecule has 1 aromatic carbocycles. The van der Waals surface area contributed by atoms with E-state index in [1.807, 2.05) is 6.07 Å². The lowest BCUT2D eigenvalue weighted by molar-refractivity contribution is 0.103. The largest absolute Gasteiger partial charge is 0.487 e. The molecule has 0 spiro atoms. The van der Waals surface area contributed by atoms with Crippen LogP contribution in [0.25, 0.3) is 0 Å². The fraction of sp³-hybridized carbons (Fsp3) is 0.0769. The number of nitrogens with one attached hydrogen (secondary N) is 1. The number of ether oxygens (including phenoxy) is 1. The van der Waals surface area contributed by atoms with E-state index in [2.05, 4.69) is 21.2 Å². The average Bonchev–Trinajstić information content (AvgIpc) is 2.85. The molecular weight excluding hydrogens is 360 g/mol. The van der Waals surface area contributed by atoms with Gasteiger partial charge >= 0.3 is 0 Å². The highest BCUT2D eigenvalue weighted by molar-refractivity contribution is 9.11. The van der Waals surface area contributed by atoms with Crippen molar-refractivity contribution in [1.82, 2.24) is 0 Å². The third-order valence-corrected chi connectivity index (χ3v) is 4.03. The molecule has 7 heteroatoms. The van der Waals surface area contributed by atoms with Crippen molar-refractivity contribution in [2.45, 2.75) is 0 Å². The van der Waals surface area contributed by atoms with Gasteiger partial charge in [0.05, 0.1) is 8.66 Å². The van der Waals surface area contributed by atoms with Crippen LogP contribution in [0.15, 0.2) is 40.2 Å². The lowest BCUT2D eigenvalue weighted by atomic mass is 10.3. The Hall–Kier alpha value is -1.44. The van der Waals surface area contributed by atoms with Gasteiger partial charge in [-0.25, -0.2) is 0 Å². The van der Waals surface area contributed by atoms with E-state index in [0.717, 1.165) is 3.79 Å². The van der Waals surface area contributed by atoms with Gasteiger partial charge in [0.15, 0.2) is 0 Å². The summed E-state index contributed by atoms with van der Waals surface area (Å²) >= 11 is 9.43. The van der Waals surface area contributed by atoms with E-state index >= 15 is 0 Å². The number of hydrogen-bond acceptors (Lipinski definition) is 4. The summed E-state index contributed by atoms with van der Waals surface area (Å²) in [6.45, 7) is 0.199. The zero-order valence-electron chi connectivity index (χ0n) is 10.3. The highest BCUT2D eigenvalue weighted by Gasteiger charge is 2.08. The summed E-state index contributed by atoms with van der Waals surface area (Å²) in [5.41, 5.74) is 6.05. The second-order valence-electron chi connectivity index (χ2n) is 3.84. The Morgan fingerprint density at radius 2 is 2.00 bits per heavy atom. The number of rotatable bonds is 5. The average molecular weight is 371 g/mol. The first-order chi connectivity index (χ1) is 9.54. The predicted molar refractivity (Wildman–Crippen MR) is 88.7 cm³/mol. The quantitative estimate of drug-likeness (QED) is 0.791. The molecule has 0 bridgehead atoms. The molecular formula is C13H11BrN2O2S2. The van der Waals surface area contributed by atoms with E-state index in [0.29, 0.717) is 21.3 Å². The highest BCUT2D eigenvalue weighted by atomic mass is 79.9. The zero-order valence-corrected chi connectivity index (χ0v) is 13.5. The first kappa shape index (κ1) is 15.0. The van der Waals surface area contributed by atoms with E-state index in [1.54, 1.807) is 30.3 Å². The summed E-state index contributed by atoms with van der Waals surface area (Å²) in [5, 5.41) is 2.81. The summed E-state index contributed by atoms with van der Waals surface area (Å²) in [5.74, 6) is 0.507. The van der Waals surface area contributed by atoms with Crippen LogP contribution >= 0.6 is 39.5 Å². The van der Waals surface area contributed by atoms with Crippen LogP contribution < -0.4 is 15.8 Å². The summed E-state index contributed by atoms with van der Waals surface area (Å²) < 4.78 is 6.25. The van der Waals surface area contributed by atoms with Crippen molar-refractivity contribution >= 4 is 56.1 Å². The molecule has 0 unspecified atom stereocenters. The third kappa shape index (κ3) is 4.29. The molecule has 0 aliphatic rings. The van der Waals surface area contributed by atoms with Crippen molar-refractivity contribution in [3.63, 3.8) is 0 Å².